The molecule has 0 spiro atoms. The average molecular weight is 374 g/mol. The minimum atomic E-state index is -0.506. The highest BCUT2D eigenvalue weighted by molar-refractivity contribution is 7.16. The number of nitriles is 1. The first-order valence-corrected chi connectivity index (χ1v) is 9.69. The molecule has 0 aliphatic heterocycles. The van der Waals surface area contributed by atoms with E-state index in [2.05, 4.69) is 18.3 Å². The minimum Gasteiger partial charge on any atom is -0.451 e. The van der Waals surface area contributed by atoms with Crippen LogP contribution in [0.15, 0.2) is 12.1 Å². The van der Waals surface area contributed by atoms with E-state index < -0.39 is 11.9 Å². The van der Waals surface area contributed by atoms with E-state index in [4.69, 9.17) is 4.74 Å². The normalized spacial score (nSPS) is 16.0. The van der Waals surface area contributed by atoms with E-state index in [1.807, 2.05) is 13.0 Å². The molecule has 2 aromatic heterocycles. The van der Waals surface area contributed by atoms with Crippen LogP contribution in [0.5, 0.6) is 0 Å². The molecule has 1 N–H and O–H groups in total. The van der Waals surface area contributed by atoms with E-state index in [0.717, 1.165) is 29.7 Å². The van der Waals surface area contributed by atoms with Gasteiger partial charge in [-0.1, -0.05) is 6.92 Å². The Balaban J connectivity index is 1.63. The molecule has 25 heavy (non-hydrogen) atoms. The number of aryl methyl sites for hydroxylation is 1. The summed E-state index contributed by atoms with van der Waals surface area (Å²) in [6.45, 7) is 3.73. The van der Waals surface area contributed by atoms with Gasteiger partial charge >= 0.3 is 5.97 Å². The molecule has 1 atom stereocenters. The number of hydrogen-bond acceptors (Lipinski definition) is 6. The number of carbonyl (C=O) groups is 2. The van der Waals surface area contributed by atoms with Gasteiger partial charge in [-0.05, 0) is 49.8 Å². The molecule has 3 rings (SSSR count). The van der Waals surface area contributed by atoms with Crippen molar-refractivity contribution in [2.45, 2.75) is 33.1 Å². The first kappa shape index (κ1) is 17.6. The standard InChI is InChI=1S/C18H18N2O3S2/c1-10-3-5-12-13(8-19)17(25-15(12)7-10)20-16(21)9-23-18(22)14-6-4-11(2)24-14/h4,6,10H,3,5,7,9H2,1-2H3,(H,20,21)/t10-/m0/s1. The van der Waals surface area contributed by atoms with Gasteiger partial charge in [-0.25, -0.2) is 4.79 Å². The number of carbonyl (C=O) groups excluding carboxylic acids is 2. The Bertz CT molecular complexity index is 860. The maximum absolute atomic E-state index is 12.1. The van der Waals surface area contributed by atoms with Crippen molar-refractivity contribution in [3.8, 4) is 6.07 Å². The second-order valence-electron chi connectivity index (χ2n) is 6.20. The van der Waals surface area contributed by atoms with Crippen molar-refractivity contribution in [3.05, 3.63) is 37.9 Å². The van der Waals surface area contributed by atoms with E-state index in [-0.39, 0.29) is 6.61 Å². The van der Waals surface area contributed by atoms with Crippen LogP contribution in [-0.2, 0) is 22.4 Å². The third-order valence-corrected chi connectivity index (χ3v) is 6.30. The van der Waals surface area contributed by atoms with Crippen LogP contribution in [0.1, 0.15) is 43.9 Å². The SMILES string of the molecule is Cc1ccc(C(=O)OCC(=O)Nc2sc3c(c2C#N)CC[C@H](C)C3)s1. The van der Waals surface area contributed by atoms with E-state index >= 15 is 0 Å². The molecule has 1 aliphatic carbocycles. The number of hydrogen-bond donors (Lipinski definition) is 1. The fraction of sp³-hybridized carbons (Fsp3) is 0.389. The van der Waals surface area contributed by atoms with Crippen molar-refractivity contribution in [1.82, 2.24) is 0 Å². The van der Waals surface area contributed by atoms with Gasteiger partial charge in [0.15, 0.2) is 6.61 Å². The molecule has 0 radical (unpaired) electrons. The molecule has 7 heteroatoms. The maximum atomic E-state index is 12.1. The summed E-state index contributed by atoms with van der Waals surface area (Å²) in [5, 5.41) is 12.7. The molecule has 0 bridgehead atoms. The number of amides is 1. The zero-order chi connectivity index (χ0) is 18.0. The quantitative estimate of drug-likeness (QED) is 0.823. The molecule has 5 nitrogen and oxygen atoms in total. The Labute approximate surface area is 154 Å². The van der Waals surface area contributed by atoms with Crippen LogP contribution in [0, 0.1) is 24.2 Å². The molecular weight excluding hydrogens is 356 g/mol. The van der Waals surface area contributed by atoms with Crippen molar-refractivity contribution in [1.29, 1.82) is 5.26 Å². The predicted molar refractivity (Wildman–Crippen MR) is 98.2 cm³/mol. The van der Waals surface area contributed by atoms with Crippen LogP contribution >= 0.6 is 22.7 Å². The van der Waals surface area contributed by atoms with Crippen molar-refractivity contribution in [2.24, 2.45) is 5.92 Å². The molecule has 1 amide bonds. The van der Waals surface area contributed by atoms with E-state index in [1.54, 1.807) is 6.07 Å². The molecule has 0 saturated heterocycles. The second-order valence-corrected chi connectivity index (χ2v) is 8.60. The lowest BCUT2D eigenvalue weighted by Gasteiger charge is -2.17. The van der Waals surface area contributed by atoms with Gasteiger partial charge in [-0.2, -0.15) is 5.26 Å². The minimum absolute atomic E-state index is 0.361. The Morgan fingerprint density at radius 2 is 2.20 bits per heavy atom. The summed E-state index contributed by atoms with van der Waals surface area (Å²) in [7, 11) is 0. The van der Waals surface area contributed by atoms with Crippen LogP contribution in [-0.4, -0.2) is 18.5 Å². The summed E-state index contributed by atoms with van der Waals surface area (Å²) in [5.41, 5.74) is 1.62. The zero-order valence-corrected chi connectivity index (χ0v) is 15.7. The van der Waals surface area contributed by atoms with Gasteiger partial charge in [-0.3, -0.25) is 4.79 Å². The summed E-state index contributed by atoms with van der Waals surface area (Å²) in [4.78, 5) is 26.7. The first-order chi connectivity index (χ1) is 12.0. The lowest BCUT2D eigenvalue weighted by Crippen LogP contribution is -2.20. The summed E-state index contributed by atoms with van der Waals surface area (Å²) in [5.74, 6) is -0.339. The van der Waals surface area contributed by atoms with Crippen LogP contribution in [0.25, 0.3) is 0 Å². The van der Waals surface area contributed by atoms with Gasteiger partial charge in [0, 0.05) is 9.75 Å². The highest BCUT2D eigenvalue weighted by Gasteiger charge is 2.24. The Morgan fingerprint density at radius 1 is 1.40 bits per heavy atom. The lowest BCUT2D eigenvalue weighted by atomic mass is 9.89. The van der Waals surface area contributed by atoms with E-state index in [1.165, 1.54) is 27.6 Å². The number of anilines is 1. The molecule has 0 saturated carbocycles. The predicted octanol–water partition coefficient (Wildman–Crippen LogP) is 3.91. The smallest absolute Gasteiger partial charge is 0.348 e. The highest BCUT2D eigenvalue weighted by atomic mass is 32.1. The molecule has 0 aromatic carbocycles. The van der Waals surface area contributed by atoms with Gasteiger partial charge in [-0.15, -0.1) is 22.7 Å². The third-order valence-electron chi connectivity index (χ3n) is 4.15. The van der Waals surface area contributed by atoms with E-state index in [0.29, 0.717) is 21.4 Å². The monoisotopic (exact) mass is 374 g/mol. The molecule has 2 heterocycles. The summed E-state index contributed by atoms with van der Waals surface area (Å²) >= 11 is 2.79. The van der Waals surface area contributed by atoms with Crippen LogP contribution in [0.2, 0.25) is 0 Å². The van der Waals surface area contributed by atoms with Gasteiger partial charge in [0.25, 0.3) is 5.91 Å². The third kappa shape index (κ3) is 3.91. The number of nitrogens with zero attached hydrogens (tertiary/aromatic N) is 1. The highest BCUT2D eigenvalue weighted by Crippen LogP contribution is 2.39. The Kier molecular flexibility index (Phi) is 5.21. The van der Waals surface area contributed by atoms with Gasteiger partial charge in [0.05, 0.1) is 5.56 Å². The van der Waals surface area contributed by atoms with E-state index in [9.17, 15) is 14.9 Å². The lowest BCUT2D eigenvalue weighted by molar-refractivity contribution is -0.119. The number of esters is 1. The van der Waals surface area contributed by atoms with Crippen LogP contribution in [0.4, 0.5) is 5.00 Å². The summed E-state index contributed by atoms with van der Waals surface area (Å²) < 4.78 is 5.05. The number of rotatable bonds is 4. The average Bonchev–Trinajstić information content (AvgIpc) is 3.15. The molecular formula is C18H18N2O3S2. The number of thiophene rings is 2. The number of nitrogens with one attached hydrogen (secondary N) is 1. The Hall–Kier alpha value is -2.17. The summed E-state index contributed by atoms with van der Waals surface area (Å²) in [6.07, 6.45) is 2.87. The van der Waals surface area contributed by atoms with Crippen molar-refractivity contribution in [2.75, 3.05) is 11.9 Å². The van der Waals surface area contributed by atoms with Crippen molar-refractivity contribution >= 4 is 39.6 Å². The topological polar surface area (TPSA) is 79.2 Å². The number of fused-ring (bicyclic) bond motifs is 1. The second kappa shape index (κ2) is 7.38. The fourth-order valence-electron chi connectivity index (χ4n) is 2.87. The zero-order valence-electron chi connectivity index (χ0n) is 14.0. The Morgan fingerprint density at radius 3 is 2.88 bits per heavy atom. The van der Waals surface area contributed by atoms with Gasteiger partial charge < -0.3 is 10.1 Å². The van der Waals surface area contributed by atoms with Crippen molar-refractivity contribution < 1.29 is 14.3 Å². The molecule has 2 aromatic rings. The molecule has 0 fully saturated rings. The fourth-order valence-corrected chi connectivity index (χ4v) is 5.00. The molecule has 130 valence electrons. The maximum Gasteiger partial charge on any atom is 0.348 e. The molecule has 1 aliphatic rings. The first-order valence-electron chi connectivity index (χ1n) is 8.06. The van der Waals surface area contributed by atoms with Gasteiger partial charge in [0.2, 0.25) is 0 Å². The molecule has 0 unspecified atom stereocenters. The largest absolute Gasteiger partial charge is 0.451 e. The van der Waals surface area contributed by atoms with Crippen LogP contribution in [0.3, 0.4) is 0 Å². The summed E-state index contributed by atoms with van der Waals surface area (Å²) in [6, 6.07) is 5.72. The number of ether oxygens (including phenoxy) is 1. The van der Waals surface area contributed by atoms with Crippen LogP contribution < -0.4 is 5.32 Å². The van der Waals surface area contributed by atoms with Gasteiger partial charge in [0.1, 0.15) is 15.9 Å². The van der Waals surface area contributed by atoms with Crippen molar-refractivity contribution in [3.63, 3.8) is 0 Å².